The fourth-order valence-electron chi connectivity index (χ4n) is 3.96. The van der Waals surface area contributed by atoms with Crippen molar-refractivity contribution in [2.45, 2.75) is 97.5 Å². The summed E-state index contributed by atoms with van der Waals surface area (Å²) in [5, 5.41) is 0. The van der Waals surface area contributed by atoms with Crippen molar-refractivity contribution in [3.63, 3.8) is 0 Å². The molecule has 0 saturated carbocycles. The number of quaternary nitrogens is 1. The maximum absolute atomic E-state index is 11.4. The Bertz CT molecular complexity index is 500. The van der Waals surface area contributed by atoms with E-state index in [1.165, 1.54) is 58.2 Å². The Hall–Kier alpha value is -0.720. The van der Waals surface area contributed by atoms with Crippen LogP contribution in [-0.2, 0) is 18.6 Å². The summed E-state index contributed by atoms with van der Waals surface area (Å²) < 4.78 is 22.6. The highest BCUT2D eigenvalue weighted by molar-refractivity contribution is 7.46. The van der Waals surface area contributed by atoms with Crippen LogP contribution in [0.2, 0.25) is 0 Å². The zero-order valence-electron chi connectivity index (χ0n) is 20.1. The minimum absolute atomic E-state index is 0.276. The minimum atomic E-state index is -4.54. The van der Waals surface area contributed by atoms with E-state index in [0.29, 0.717) is 25.7 Å². The summed E-state index contributed by atoms with van der Waals surface area (Å²) in [6.45, 7) is 14.9. The van der Waals surface area contributed by atoms with E-state index in [2.05, 4.69) is 27.4 Å². The van der Waals surface area contributed by atoms with Crippen LogP contribution in [0.3, 0.4) is 0 Å². The second-order valence-electron chi connectivity index (χ2n) is 8.52. The third-order valence-electron chi connectivity index (χ3n) is 5.73. The lowest BCUT2D eigenvalue weighted by Crippen LogP contribution is -2.51. The molecule has 0 fully saturated rings. The highest BCUT2D eigenvalue weighted by Crippen LogP contribution is 2.39. The van der Waals surface area contributed by atoms with Crippen LogP contribution in [0.25, 0.3) is 0 Å². The number of hydrogen-bond donors (Lipinski definition) is 2. The maximum atomic E-state index is 11.4. The largest absolute Gasteiger partial charge is 0.469 e. The summed E-state index contributed by atoms with van der Waals surface area (Å²) in [6.07, 6.45) is 11.2. The average molecular weight is 465 g/mol. The molecule has 0 heterocycles. The van der Waals surface area contributed by atoms with Crippen molar-refractivity contribution in [1.29, 1.82) is 0 Å². The lowest BCUT2D eigenvalue weighted by atomic mass is 10.1. The first kappa shape index (κ1) is 30.3. The van der Waals surface area contributed by atoms with Gasteiger partial charge in [-0.2, -0.15) is 0 Å². The number of esters is 1. The molecule has 0 aliphatic heterocycles. The number of hydrogen-bond acceptors (Lipinski definition) is 4. The molecule has 0 aromatic rings. The first-order chi connectivity index (χ1) is 14.7. The Morgan fingerprint density at radius 1 is 0.903 bits per heavy atom. The predicted octanol–water partition coefficient (Wildman–Crippen LogP) is 5.36. The number of nitrogens with zero attached hydrogens (tertiary/aromatic N) is 1. The first-order valence-electron chi connectivity index (χ1n) is 12.1. The van der Waals surface area contributed by atoms with Crippen molar-refractivity contribution in [2.75, 3.05) is 32.8 Å². The number of phosphoric ester groups is 1. The van der Waals surface area contributed by atoms with Crippen LogP contribution in [0.15, 0.2) is 12.7 Å². The SMILES string of the molecule is C=CC(=O)OCCCCC(CCC[N+](CCCC)(CCCC)CCCC)OP(=O)(O)O. The van der Waals surface area contributed by atoms with Gasteiger partial charge >= 0.3 is 13.8 Å². The molecule has 184 valence electrons. The molecule has 31 heavy (non-hydrogen) atoms. The number of carbonyl (C=O) groups excluding carboxylic acids is 1. The topological polar surface area (TPSA) is 93.1 Å². The van der Waals surface area contributed by atoms with E-state index in [9.17, 15) is 19.1 Å². The summed E-state index contributed by atoms with van der Waals surface area (Å²) in [5.41, 5.74) is 0. The lowest BCUT2D eigenvalue weighted by molar-refractivity contribution is -0.929. The highest BCUT2D eigenvalue weighted by atomic mass is 31.2. The van der Waals surface area contributed by atoms with Crippen molar-refractivity contribution in [1.82, 2.24) is 0 Å². The maximum Gasteiger partial charge on any atom is 0.469 e. The van der Waals surface area contributed by atoms with Crippen LogP contribution in [0.1, 0.15) is 91.4 Å². The molecular weight excluding hydrogens is 417 g/mol. The molecule has 2 N–H and O–H groups in total. The van der Waals surface area contributed by atoms with Gasteiger partial charge in [0.2, 0.25) is 0 Å². The van der Waals surface area contributed by atoms with Gasteiger partial charge in [-0.25, -0.2) is 9.36 Å². The first-order valence-corrected chi connectivity index (χ1v) is 13.6. The standard InChI is InChI=1S/C23H46NO6P/c1-5-9-17-24(18-10-6-2,19-11-7-3)20-14-16-22(30-31(26,27)28)15-12-13-21-29-23(25)8-4/h8,22H,4-7,9-21H2,1-3H3,(H-,26,27,28)/p+1. The monoisotopic (exact) mass is 464 g/mol. The molecule has 0 aliphatic carbocycles. The molecular formula is C23H47NO6P+. The molecule has 1 atom stereocenters. The summed E-state index contributed by atoms with van der Waals surface area (Å²) in [5.74, 6) is -0.455. The van der Waals surface area contributed by atoms with E-state index in [-0.39, 0.29) is 6.61 Å². The Kier molecular flexibility index (Phi) is 17.4. The number of phosphoric acid groups is 1. The molecule has 8 heteroatoms. The summed E-state index contributed by atoms with van der Waals surface area (Å²) in [6, 6.07) is 0. The van der Waals surface area contributed by atoms with Gasteiger partial charge in [0.25, 0.3) is 0 Å². The molecule has 0 radical (unpaired) electrons. The highest BCUT2D eigenvalue weighted by Gasteiger charge is 2.27. The van der Waals surface area contributed by atoms with Crippen molar-refractivity contribution in [2.24, 2.45) is 0 Å². The number of unbranched alkanes of at least 4 members (excludes halogenated alkanes) is 4. The molecule has 7 nitrogen and oxygen atoms in total. The van der Waals surface area contributed by atoms with E-state index in [1.54, 1.807) is 0 Å². The Labute approximate surface area is 190 Å². The Morgan fingerprint density at radius 2 is 1.39 bits per heavy atom. The van der Waals surface area contributed by atoms with Crippen molar-refractivity contribution >= 4 is 13.8 Å². The molecule has 1 unspecified atom stereocenters. The minimum Gasteiger partial charge on any atom is -0.463 e. The molecule has 0 aromatic carbocycles. The summed E-state index contributed by atoms with van der Waals surface area (Å²) in [7, 11) is -4.54. The second kappa shape index (κ2) is 17.8. The fraction of sp³-hybridized carbons (Fsp3) is 0.870. The van der Waals surface area contributed by atoms with E-state index in [0.717, 1.165) is 23.5 Å². The van der Waals surface area contributed by atoms with Crippen molar-refractivity contribution in [3.05, 3.63) is 12.7 Å². The summed E-state index contributed by atoms with van der Waals surface area (Å²) in [4.78, 5) is 29.7. The molecule has 0 aromatic heterocycles. The zero-order valence-corrected chi connectivity index (χ0v) is 21.0. The van der Waals surface area contributed by atoms with Crippen LogP contribution >= 0.6 is 7.82 Å². The normalized spacial score (nSPS) is 13.2. The molecule has 0 aliphatic rings. The van der Waals surface area contributed by atoms with Crippen LogP contribution in [0.5, 0.6) is 0 Å². The van der Waals surface area contributed by atoms with Crippen molar-refractivity contribution in [3.8, 4) is 0 Å². The van der Waals surface area contributed by atoms with Gasteiger partial charge in [0.15, 0.2) is 0 Å². The average Bonchev–Trinajstić information content (AvgIpc) is 2.72. The van der Waals surface area contributed by atoms with Gasteiger partial charge in [0.05, 0.1) is 38.9 Å². The smallest absolute Gasteiger partial charge is 0.463 e. The molecule has 0 saturated heterocycles. The third kappa shape index (κ3) is 16.6. The Morgan fingerprint density at radius 3 is 1.84 bits per heavy atom. The zero-order chi connectivity index (χ0) is 23.6. The van der Waals surface area contributed by atoms with Gasteiger partial charge < -0.3 is 19.0 Å². The van der Waals surface area contributed by atoms with Gasteiger partial charge in [0, 0.05) is 6.08 Å². The number of ether oxygens (including phenoxy) is 1. The molecule has 0 rings (SSSR count). The lowest BCUT2D eigenvalue weighted by Gasteiger charge is -2.39. The van der Waals surface area contributed by atoms with Gasteiger partial charge in [-0.05, 0) is 51.4 Å². The van der Waals surface area contributed by atoms with E-state index >= 15 is 0 Å². The Balaban J connectivity index is 4.83. The molecule has 0 bridgehead atoms. The van der Waals surface area contributed by atoms with Gasteiger partial charge in [0.1, 0.15) is 0 Å². The predicted molar refractivity (Wildman–Crippen MR) is 126 cm³/mol. The quantitative estimate of drug-likeness (QED) is 0.0781. The van der Waals surface area contributed by atoms with Crippen LogP contribution < -0.4 is 0 Å². The number of carbonyl (C=O) groups is 1. The van der Waals surface area contributed by atoms with E-state index in [1.807, 2.05) is 0 Å². The van der Waals surface area contributed by atoms with Crippen LogP contribution in [-0.4, -0.2) is 59.1 Å². The summed E-state index contributed by atoms with van der Waals surface area (Å²) >= 11 is 0. The van der Waals surface area contributed by atoms with Crippen LogP contribution in [0, 0.1) is 0 Å². The van der Waals surface area contributed by atoms with Gasteiger partial charge in [-0.3, -0.25) is 4.52 Å². The van der Waals surface area contributed by atoms with Gasteiger partial charge in [-0.15, -0.1) is 0 Å². The molecule has 0 amide bonds. The molecule has 0 spiro atoms. The third-order valence-corrected chi connectivity index (χ3v) is 6.31. The fourth-order valence-corrected chi connectivity index (χ4v) is 4.55. The van der Waals surface area contributed by atoms with Crippen molar-refractivity contribution < 1.29 is 32.9 Å². The number of rotatable bonds is 21. The van der Waals surface area contributed by atoms with E-state index in [4.69, 9.17) is 9.26 Å². The van der Waals surface area contributed by atoms with E-state index < -0.39 is 19.9 Å². The van der Waals surface area contributed by atoms with Crippen LogP contribution in [0.4, 0.5) is 0 Å². The second-order valence-corrected chi connectivity index (χ2v) is 9.72. The van der Waals surface area contributed by atoms with Gasteiger partial charge in [-0.1, -0.05) is 46.6 Å².